The highest BCUT2D eigenvalue weighted by atomic mass is 35.5. The predicted molar refractivity (Wildman–Crippen MR) is 84.9 cm³/mol. The average molecular weight is 283 g/mol. The van der Waals surface area contributed by atoms with Crippen LogP contribution in [0, 0.1) is 5.92 Å². The number of piperidine rings is 1. The molecule has 2 N–H and O–H groups in total. The van der Waals surface area contributed by atoms with Crippen molar-refractivity contribution in [1.82, 2.24) is 4.90 Å². The van der Waals surface area contributed by atoms with Crippen LogP contribution in [0.3, 0.4) is 0 Å². The van der Waals surface area contributed by atoms with Crippen LogP contribution in [-0.4, -0.2) is 30.6 Å². The number of benzene rings is 1. The van der Waals surface area contributed by atoms with Gasteiger partial charge < -0.3 is 10.6 Å². The Balaban J connectivity index is 0.00000180. The first kappa shape index (κ1) is 16.5. The second kappa shape index (κ2) is 7.88. The molecule has 1 aromatic rings. The lowest BCUT2D eigenvalue weighted by molar-refractivity contribution is 0.155. The number of nitrogens with two attached hydrogens (primary N) is 1. The fourth-order valence-corrected chi connectivity index (χ4v) is 2.96. The lowest BCUT2D eigenvalue weighted by Gasteiger charge is -2.36. The molecule has 1 aliphatic heterocycles. The number of rotatable bonds is 4. The largest absolute Gasteiger partial charge is 0.328 e. The van der Waals surface area contributed by atoms with E-state index in [4.69, 9.17) is 5.73 Å². The molecule has 1 saturated heterocycles. The minimum Gasteiger partial charge on any atom is -0.328 e. The molecular formula is C16H27ClN2. The van der Waals surface area contributed by atoms with Gasteiger partial charge in [-0.3, -0.25) is 0 Å². The second-order valence-corrected chi connectivity index (χ2v) is 5.83. The highest BCUT2D eigenvalue weighted by molar-refractivity contribution is 5.85. The Morgan fingerprint density at radius 2 is 1.95 bits per heavy atom. The van der Waals surface area contributed by atoms with Gasteiger partial charge in [0.2, 0.25) is 0 Å². The van der Waals surface area contributed by atoms with Crippen LogP contribution in [0.15, 0.2) is 30.3 Å². The van der Waals surface area contributed by atoms with E-state index >= 15 is 0 Å². The summed E-state index contributed by atoms with van der Waals surface area (Å²) in [5.41, 5.74) is 7.49. The predicted octanol–water partition coefficient (Wildman–Crippen LogP) is 3.27. The Morgan fingerprint density at radius 3 is 2.58 bits per heavy atom. The highest BCUT2D eigenvalue weighted by Crippen LogP contribution is 2.22. The summed E-state index contributed by atoms with van der Waals surface area (Å²) in [6.07, 6.45) is 2.60. The maximum atomic E-state index is 6.04. The number of nitrogens with zero attached hydrogens (tertiary/aromatic N) is 1. The summed E-state index contributed by atoms with van der Waals surface area (Å²) in [5.74, 6) is 1.29. The van der Waals surface area contributed by atoms with E-state index in [-0.39, 0.29) is 12.4 Å². The van der Waals surface area contributed by atoms with Gasteiger partial charge in [0.05, 0.1) is 0 Å². The molecule has 1 aliphatic rings. The first-order valence-electron chi connectivity index (χ1n) is 7.19. The van der Waals surface area contributed by atoms with Gasteiger partial charge in [-0.2, -0.15) is 0 Å². The standard InChI is InChI=1S/C16H26N2.ClH/c1-13(15-7-4-3-5-8-15)11-18-10-6-9-16(12-18)14(2)17;/h3-5,7-8,13-14,16H,6,9-12,17H2,1-2H3;1H. The lowest BCUT2D eigenvalue weighted by atomic mass is 9.91. The quantitative estimate of drug-likeness (QED) is 0.918. The molecule has 2 nitrogen and oxygen atoms in total. The zero-order valence-electron chi connectivity index (χ0n) is 12.1. The van der Waals surface area contributed by atoms with Crippen molar-refractivity contribution in [2.45, 2.75) is 38.6 Å². The van der Waals surface area contributed by atoms with E-state index in [1.807, 2.05) is 0 Å². The van der Waals surface area contributed by atoms with Crippen molar-refractivity contribution >= 4 is 12.4 Å². The second-order valence-electron chi connectivity index (χ2n) is 5.83. The highest BCUT2D eigenvalue weighted by Gasteiger charge is 2.23. The topological polar surface area (TPSA) is 29.3 Å². The van der Waals surface area contributed by atoms with E-state index in [2.05, 4.69) is 49.1 Å². The zero-order valence-corrected chi connectivity index (χ0v) is 12.9. The van der Waals surface area contributed by atoms with Gasteiger partial charge in [0.25, 0.3) is 0 Å². The van der Waals surface area contributed by atoms with E-state index in [1.54, 1.807) is 0 Å². The molecule has 108 valence electrons. The van der Waals surface area contributed by atoms with Crippen LogP contribution in [0.4, 0.5) is 0 Å². The third-order valence-electron chi connectivity index (χ3n) is 4.19. The molecule has 1 aromatic carbocycles. The summed E-state index contributed by atoms with van der Waals surface area (Å²) < 4.78 is 0. The summed E-state index contributed by atoms with van der Waals surface area (Å²) in [6.45, 7) is 8.04. The van der Waals surface area contributed by atoms with Crippen molar-refractivity contribution in [3.63, 3.8) is 0 Å². The van der Waals surface area contributed by atoms with Crippen LogP contribution >= 0.6 is 12.4 Å². The Kier molecular flexibility index (Phi) is 6.84. The van der Waals surface area contributed by atoms with Crippen molar-refractivity contribution < 1.29 is 0 Å². The minimum absolute atomic E-state index is 0. The number of hydrogen-bond acceptors (Lipinski definition) is 2. The van der Waals surface area contributed by atoms with Crippen molar-refractivity contribution in [3.05, 3.63) is 35.9 Å². The molecule has 0 radical (unpaired) electrons. The smallest absolute Gasteiger partial charge is 0.00509 e. The lowest BCUT2D eigenvalue weighted by Crippen LogP contribution is -2.43. The Morgan fingerprint density at radius 1 is 1.26 bits per heavy atom. The third-order valence-corrected chi connectivity index (χ3v) is 4.19. The molecule has 1 heterocycles. The normalized spacial score (nSPS) is 23.4. The van der Waals surface area contributed by atoms with Gasteiger partial charge in [-0.05, 0) is 43.7 Å². The van der Waals surface area contributed by atoms with E-state index in [0.717, 1.165) is 6.54 Å². The third kappa shape index (κ3) is 4.79. The van der Waals surface area contributed by atoms with Crippen molar-refractivity contribution in [1.29, 1.82) is 0 Å². The molecule has 0 amide bonds. The fraction of sp³-hybridized carbons (Fsp3) is 0.625. The summed E-state index contributed by atoms with van der Waals surface area (Å²) in [6, 6.07) is 11.2. The van der Waals surface area contributed by atoms with Crippen LogP contribution in [0.5, 0.6) is 0 Å². The number of likely N-dealkylation sites (tertiary alicyclic amines) is 1. The molecule has 3 unspecified atom stereocenters. The van der Waals surface area contributed by atoms with Gasteiger partial charge in [-0.25, -0.2) is 0 Å². The first-order valence-corrected chi connectivity index (χ1v) is 7.19. The van der Waals surface area contributed by atoms with E-state index in [1.165, 1.54) is 31.5 Å². The Labute approximate surface area is 123 Å². The molecular weight excluding hydrogens is 256 g/mol. The fourth-order valence-electron chi connectivity index (χ4n) is 2.96. The van der Waals surface area contributed by atoms with Gasteiger partial charge >= 0.3 is 0 Å². The maximum absolute atomic E-state index is 6.04. The molecule has 0 spiro atoms. The summed E-state index contributed by atoms with van der Waals surface area (Å²) in [4.78, 5) is 2.59. The molecule has 0 saturated carbocycles. The molecule has 19 heavy (non-hydrogen) atoms. The van der Waals surface area contributed by atoms with Gasteiger partial charge in [-0.15, -0.1) is 12.4 Å². The molecule has 1 fully saturated rings. The van der Waals surface area contributed by atoms with Crippen LogP contribution < -0.4 is 5.73 Å². The number of halogens is 1. The number of hydrogen-bond donors (Lipinski definition) is 1. The molecule has 0 aromatic heterocycles. The molecule has 0 bridgehead atoms. The van der Waals surface area contributed by atoms with Crippen LogP contribution in [-0.2, 0) is 0 Å². The van der Waals surface area contributed by atoms with Crippen LogP contribution in [0.25, 0.3) is 0 Å². The van der Waals surface area contributed by atoms with E-state index in [0.29, 0.717) is 17.9 Å². The van der Waals surface area contributed by atoms with Gasteiger partial charge in [0, 0.05) is 19.1 Å². The summed E-state index contributed by atoms with van der Waals surface area (Å²) >= 11 is 0. The van der Waals surface area contributed by atoms with E-state index in [9.17, 15) is 0 Å². The maximum Gasteiger partial charge on any atom is 0.00509 e. The van der Waals surface area contributed by atoms with Crippen LogP contribution in [0.2, 0.25) is 0 Å². The van der Waals surface area contributed by atoms with Crippen LogP contribution in [0.1, 0.15) is 38.2 Å². The molecule has 2 rings (SSSR count). The van der Waals surface area contributed by atoms with Crippen molar-refractivity contribution in [2.24, 2.45) is 11.7 Å². The Bertz CT molecular complexity index is 353. The van der Waals surface area contributed by atoms with Gasteiger partial charge in [0.15, 0.2) is 0 Å². The van der Waals surface area contributed by atoms with Crippen molar-refractivity contribution in [2.75, 3.05) is 19.6 Å². The minimum atomic E-state index is 0. The van der Waals surface area contributed by atoms with E-state index < -0.39 is 0 Å². The SMILES string of the molecule is CC(CN1CCCC(C(C)N)C1)c1ccccc1.Cl. The Hall–Kier alpha value is -0.570. The monoisotopic (exact) mass is 282 g/mol. The molecule has 3 atom stereocenters. The zero-order chi connectivity index (χ0) is 13.0. The first-order chi connectivity index (χ1) is 8.66. The summed E-state index contributed by atoms with van der Waals surface area (Å²) in [7, 11) is 0. The van der Waals surface area contributed by atoms with Gasteiger partial charge in [-0.1, -0.05) is 37.3 Å². The molecule has 3 heteroatoms. The van der Waals surface area contributed by atoms with Gasteiger partial charge in [0.1, 0.15) is 0 Å². The molecule has 0 aliphatic carbocycles. The van der Waals surface area contributed by atoms with Crippen molar-refractivity contribution in [3.8, 4) is 0 Å². The average Bonchev–Trinajstić information content (AvgIpc) is 2.40. The summed E-state index contributed by atoms with van der Waals surface area (Å²) in [5, 5.41) is 0.